The van der Waals surface area contributed by atoms with Gasteiger partial charge in [-0.05, 0) is 43.8 Å². The second kappa shape index (κ2) is 8.58. The van der Waals surface area contributed by atoms with Crippen LogP contribution in [-0.4, -0.2) is 49.0 Å². The molecular weight excluding hydrogens is 380 g/mol. The van der Waals surface area contributed by atoms with Crippen molar-refractivity contribution in [2.75, 3.05) is 38.1 Å². The van der Waals surface area contributed by atoms with Crippen LogP contribution >= 0.6 is 11.6 Å². The lowest BCUT2D eigenvalue weighted by molar-refractivity contribution is -0.384. The van der Waals surface area contributed by atoms with Crippen LogP contribution in [0.1, 0.15) is 28.9 Å². The molecule has 1 unspecified atom stereocenters. The third kappa shape index (κ3) is 4.61. The summed E-state index contributed by atoms with van der Waals surface area (Å²) in [6.45, 7) is 4.97. The average molecular weight is 403 g/mol. The number of benzene rings is 2. The van der Waals surface area contributed by atoms with Gasteiger partial charge in [0, 0.05) is 42.8 Å². The zero-order valence-corrected chi connectivity index (χ0v) is 16.6. The fourth-order valence-electron chi connectivity index (χ4n) is 3.26. The first kappa shape index (κ1) is 20.1. The van der Waals surface area contributed by atoms with E-state index >= 15 is 0 Å². The van der Waals surface area contributed by atoms with Gasteiger partial charge in [-0.1, -0.05) is 23.7 Å². The number of nitro groups is 1. The molecule has 148 valence electrons. The van der Waals surface area contributed by atoms with E-state index in [1.165, 1.54) is 6.07 Å². The minimum absolute atomic E-state index is 0.0485. The highest BCUT2D eigenvalue weighted by Crippen LogP contribution is 2.30. The van der Waals surface area contributed by atoms with E-state index in [1.54, 1.807) is 24.3 Å². The molecule has 2 aromatic rings. The number of hydrogen-bond donors (Lipinski definition) is 1. The van der Waals surface area contributed by atoms with Crippen LogP contribution in [0.5, 0.6) is 0 Å². The van der Waals surface area contributed by atoms with Gasteiger partial charge in [0.2, 0.25) is 0 Å². The Bertz CT molecular complexity index is 882. The summed E-state index contributed by atoms with van der Waals surface area (Å²) >= 11 is 6.00. The average Bonchev–Trinajstić information content (AvgIpc) is 2.68. The zero-order valence-electron chi connectivity index (χ0n) is 15.9. The Morgan fingerprint density at radius 3 is 2.54 bits per heavy atom. The molecule has 0 saturated carbocycles. The largest absolute Gasteiger partial charge is 0.363 e. The lowest BCUT2D eigenvalue weighted by atomic mass is 10.1. The molecule has 1 amide bonds. The standard InChI is InChI=1S/C20H23ClN4O3/c1-14(15-4-3-5-17(21)12-15)22-20(26)16-6-7-18(19(13-16)25(27)28)24-10-8-23(2)9-11-24/h3-7,12-14H,8-11H2,1-2H3,(H,22,26). The maximum Gasteiger partial charge on any atom is 0.293 e. The third-order valence-electron chi connectivity index (χ3n) is 4.97. The summed E-state index contributed by atoms with van der Waals surface area (Å²) in [6, 6.07) is 11.6. The Hall–Kier alpha value is -2.64. The van der Waals surface area contributed by atoms with Crippen molar-refractivity contribution in [2.24, 2.45) is 0 Å². The molecule has 1 N–H and O–H groups in total. The predicted molar refractivity (Wildman–Crippen MR) is 110 cm³/mol. The second-order valence-electron chi connectivity index (χ2n) is 7.00. The number of nitrogens with one attached hydrogen (secondary N) is 1. The van der Waals surface area contributed by atoms with E-state index in [-0.39, 0.29) is 23.2 Å². The molecule has 2 aromatic carbocycles. The van der Waals surface area contributed by atoms with Crippen LogP contribution in [0.25, 0.3) is 0 Å². The summed E-state index contributed by atoms with van der Waals surface area (Å²) in [5, 5.41) is 15.1. The first-order chi connectivity index (χ1) is 13.3. The number of halogens is 1. The van der Waals surface area contributed by atoms with Crippen molar-refractivity contribution >= 4 is 28.9 Å². The van der Waals surface area contributed by atoms with Crippen molar-refractivity contribution in [2.45, 2.75) is 13.0 Å². The monoisotopic (exact) mass is 402 g/mol. The quantitative estimate of drug-likeness (QED) is 0.611. The predicted octanol–water partition coefficient (Wildman–Crippen LogP) is 3.49. The van der Waals surface area contributed by atoms with Crippen LogP contribution < -0.4 is 10.2 Å². The molecule has 1 fully saturated rings. The fraction of sp³-hybridized carbons (Fsp3) is 0.350. The summed E-state index contributed by atoms with van der Waals surface area (Å²) in [5.41, 5.74) is 1.63. The molecule has 1 atom stereocenters. The number of hydrogen-bond acceptors (Lipinski definition) is 5. The van der Waals surface area contributed by atoms with E-state index in [4.69, 9.17) is 11.6 Å². The highest BCUT2D eigenvalue weighted by atomic mass is 35.5. The van der Waals surface area contributed by atoms with Gasteiger partial charge in [0.1, 0.15) is 5.69 Å². The van der Waals surface area contributed by atoms with Crippen molar-refractivity contribution in [3.63, 3.8) is 0 Å². The van der Waals surface area contributed by atoms with Crippen molar-refractivity contribution in [1.82, 2.24) is 10.2 Å². The summed E-state index contributed by atoms with van der Waals surface area (Å²) in [5.74, 6) is -0.361. The van der Waals surface area contributed by atoms with Crippen molar-refractivity contribution < 1.29 is 9.72 Å². The van der Waals surface area contributed by atoms with Gasteiger partial charge in [-0.25, -0.2) is 0 Å². The van der Waals surface area contributed by atoms with Gasteiger partial charge >= 0.3 is 0 Å². The molecular formula is C20H23ClN4O3. The highest BCUT2D eigenvalue weighted by molar-refractivity contribution is 6.30. The molecule has 1 heterocycles. The Labute approximate surface area is 169 Å². The van der Waals surface area contributed by atoms with E-state index in [0.29, 0.717) is 23.8 Å². The molecule has 0 radical (unpaired) electrons. The number of rotatable bonds is 5. The summed E-state index contributed by atoms with van der Waals surface area (Å²) < 4.78 is 0. The van der Waals surface area contributed by atoms with Crippen LogP contribution in [-0.2, 0) is 0 Å². The molecule has 7 nitrogen and oxygen atoms in total. The second-order valence-corrected chi connectivity index (χ2v) is 7.44. The maximum atomic E-state index is 12.6. The van der Waals surface area contributed by atoms with Gasteiger partial charge in [-0.15, -0.1) is 0 Å². The number of piperazine rings is 1. The van der Waals surface area contributed by atoms with Gasteiger partial charge in [0.15, 0.2) is 0 Å². The normalized spacial score (nSPS) is 15.9. The number of nitro benzene ring substituents is 1. The number of anilines is 1. The molecule has 0 aliphatic carbocycles. The van der Waals surface area contributed by atoms with E-state index < -0.39 is 4.92 Å². The number of likely N-dealkylation sites (N-methyl/N-ethyl adjacent to an activating group) is 1. The lowest BCUT2D eigenvalue weighted by Gasteiger charge is -2.33. The third-order valence-corrected chi connectivity index (χ3v) is 5.21. The van der Waals surface area contributed by atoms with Crippen LogP contribution in [0, 0.1) is 10.1 Å². The van der Waals surface area contributed by atoms with Gasteiger partial charge in [0.05, 0.1) is 11.0 Å². The maximum absolute atomic E-state index is 12.6. The molecule has 8 heteroatoms. The smallest absolute Gasteiger partial charge is 0.293 e. The number of carbonyl (C=O) groups is 1. The highest BCUT2D eigenvalue weighted by Gasteiger charge is 2.24. The number of amides is 1. The SMILES string of the molecule is CC(NC(=O)c1ccc(N2CCN(C)CC2)c([N+](=O)[O-])c1)c1cccc(Cl)c1. The van der Waals surface area contributed by atoms with E-state index in [2.05, 4.69) is 10.2 Å². The van der Waals surface area contributed by atoms with E-state index in [9.17, 15) is 14.9 Å². The summed E-state index contributed by atoms with van der Waals surface area (Å²) in [4.78, 5) is 28.0. The zero-order chi connectivity index (χ0) is 20.3. The Morgan fingerprint density at radius 1 is 1.18 bits per heavy atom. The van der Waals surface area contributed by atoms with Gasteiger partial charge < -0.3 is 15.1 Å². The minimum atomic E-state index is -0.426. The fourth-order valence-corrected chi connectivity index (χ4v) is 3.46. The molecule has 0 bridgehead atoms. The number of nitrogens with zero attached hydrogens (tertiary/aromatic N) is 3. The van der Waals surface area contributed by atoms with Crippen LogP contribution in [0.3, 0.4) is 0 Å². The van der Waals surface area contributed by atoms with Gasteiger partial charge in [-0.2, -0.15) is 0 Å². The minimum Gasteiger partial charge on any atom is -0.363 e. The molecule has 28 heavy (non-hydrogen) atoms. The van der Waals surface area contributed by atoms with Crippen LogP contribution in [0.15, 0.2) is 42.5 Å². The van der Waals surface area contributed by atoms with Crippen molar-refractivity contribution in [1.29, 1.82) is 0 Å². The Balaban J connectivity index is 1.79. The van der Waals surface area contributed by atoms with Gasteiger partial charge in [-0.3, -0.25) is 14.9 Å². The molecule has 1 aliphatic heterocycles. The Morgan fingerprint density at radius 2 is 1.89 bits per heavy atom. The summed E-state index contributed by atoms with van der Waals surface area (Å²) in [7, 11) is 2.03. The lowest BCUT2D eigenvalue weighted by Crippen LogP contribution is -2.44. The molecule has 3 rings (SSSR count). The summed E-state index contributed by atoms with van der Waals surface area (Å²) in [6.07, 6.45) is 0. The first-order valence-electron chi connectivity index (χ1n) is 9.13. The van der Waals surface area contributed by atoms with Crippen molar-refractivity contribution in [3.8, 4) is 0 Å². The first-order valence-corrected chi connectivity index (χ1v) is 9.51. The Kier molecular flexibility index (Phi) is 6.16. The molecule has 1 saturated heterocycles. The molecule has 0 aromatic heterocycles. The topological polar surface area (TPSA) is 78.7 Å². The number of carbonyl (C=O) groups excluding carboxylic acids is 1. The van der Waals surface area contributed by atoms with E-state index in [1.807, 2.05) is 31.0 Å². The van der Waals surface area contributed by atoms with Crippen LogP contribution in [0.2, 0.25) is 5.02 Å². The van der Waals surface area contributed by atoms with E-state index in [0.717, 1.165) is 18.7 Å². The molecule has 0 spiro atoms. The van der Waals surface area contributed by atoms with Gasteiger partial charge in [0.25, 0.3) is 11.6 Å². The molecule has 1 aliphatic rings. The van der Waals surface area contributed by atoms with Crippen LogP contribution in [0.4, 0.5) is 11.4 Å². The van der Waals surface area contributed by atoms with Crippen molar-refractivity contribution in [3.05, 3.63) is 68.7 Å².